The molecule has 1 amide bonds. The number of carboxylic acid groups (broad SMARTS) is 1. The third kappa shape index (κ3) is 3.00. The molecule has 2 atom stereocenters. The lowest BCUT2D eigenvalue weighted by atomic mass is 9.58. The minimum Gasteiger partial charge on any atom is -0.481 e. The summed E-state index contributed by atoms with van der Waals surface area (Å²) in [6, 6.07) is 10.3. The number of benzene rings is 1. The van der Waals surface area contributed by atoms with E-state index in [0.717, 1.165) is 38.8 Å². The van der Waals surface area contributed by atoms with Crippen LogP contribution in [0.1, 0.15) is 25.7 Å². The predicted molar refractivity (Wildman–Crippen MR) is 95.3 cm³/mol. The zero-order chi connectivity index (χ0) is 17.4. The average Bonchev–Trinajstić information content (AvgIpc) is 2.68. The van der Waals surface area contributed by atoms with Crippen LogP contribution in [-0.2, 0) is 9.59 Å². The number of nitrogens with zero attached hydrogens (tertiary/aromatic N) is 2. The van der Waals surface area contributed by atoms with E-state index in [-0.39, 0.29) is 23.7 Å². The summed E-state index contributed by atoms with van der Waals surface area (Å²) in [6.45, 7) is 3.00. The van der Waals surface area contributed by atoms with Gasteiger partial charge in [-0.2, -0.15) is 0 Å². The zero-order valence-electron chi connectivity index (χ0n) is 14.5. The van der Waals surface area contributed by atoms with Gasteiger partial charge in [0.05, 0.1) is 11.8 Å². The number of anilines is 1. The van der Waals surface area contributed by atoms with E-state index in [9.17, 15) is 14.7 Å². The normalized spacial score (nSPS) is 31.8. The topological polar surface area (TPSA) is 60.9 Å². The lowest BCUT2D eigenvalue weighted by Crippen LogP contribution is -2.56. The first-order chi connectivity index (χ1) is 12.1. The van der Waals surface area contributed by atoms with Gasteiger partial charge in [-0.3, -0.25) is 9.59 Å². The van der Waals surface area contributed by atoms with E-state index < -0.39 is 11.9 Å². The maximum Gasteiger partial charge on any atom is 0.307 e. The molecule has 2 bridgehead atoms. The summed E-state index contributed by atoms with van der Waals surface area (Å²) in [5.41, 5.74) is 1.19. The third-order valence-electron chi connectivity index (χ3n) is 6.50. The van der Waals surface area contributed by atoms with Gasteiger partial charge in [-0.15, -0.1) is 0 Å². The van der Waals surface area contributed by atoms with Crippen molar-refractivity contribution in [3.63, 3.8) is 0 Å². The monoisotopic (exact) mass is 342 g/mol. The molecule has 3 aliphatic carbocycles. The molecule has 4 aliphatic rings. The summed E-state index contributed by atoms with van der Waals surface area (Å²) in [4.78, 5) is 29.2. The Balaban J connectivity index is 1.44. The Morgan fingerprint density at radius 3 is 1.96 bits per heavy atom. The van der Waals surface area contributed by atoms with Crippen molar-refractivity contribution in [2.45, 2.75) is 25.7 Å². The van der Waals surface area contributed by atoms with Crippen molar-refractivity contribution in [2.24, 2.45) is 23.7 Å². The fraction of sp³-hybridized carbons (Fsp3) is 0.600. The zero-order valence-corrected chi connectivity index (χ0v) is 14.5. The van der Waals surface area contributed by atoms with E-state index in [1.165, 1.54) is 5.69 Å². The highest BCUT2D eigenvalue weighted by Crippen LogP contribution is 2.49. The smallest absolute Gasteiger partial charge is 0.307 e. The summed E-state index contributed by atoms with van der Waals surface area (Å²) in [5.74, 6) is -0.974. The van der Waals surface area contributed by atoms with Crippen molar-refractivity contribution in [3.8, 4) is 0 Å². The van der Waals surface area contributed by atoms with Crippen LogP contribution in [0.4, 0.5) is 5.69 Å². The fourth-order valence-electron chi connectivity index (χ4n) is 5.19. The summed E-state index contributed by atoms with van der Waals surface area (Å²) in [5, 5.41) is 9.69. The van der Waals surface area contributed by atoms with Crippen LogP contribution in [0.25, 0.3) is 0 Å². The number of piperazine rings is 1. The molecule has 0 aromatic heterocycles. The molecule has 0 radical (unpaired) electrons. The van der Waals surface area contributed by atoms with Gasteiger partial charge in [-0.1, -0.05) is 18.2 Å². The molecule has 134 valence electrons. The van der Waals surface area contributed by atoms with Gasteiger partial charge in [0.2, 0.25) is 5.91 Å². The van der Waals surface area contributed by atoms with Crippen LogP contribution >= 0.6 is 0 Å². The quantitative estimate of drug-likeness (QED) is 0.917. The van der Waals surface area contributed by atoms with Gasteiger partial charge in [0.1, 0.15) is 0 Å². The number of fused-ring (bicyclic) bond motifs is 3. The first kappa shape index (κ1) is 16.4. The van der Waals surface area contributed by atoms with Crippen LogP contribution in [0.2, 0.25) is 0 Å². The molecule has 1 N–H and O–H groups in total. The SMILES string of the molecule is O=C(O)[C@H]1C2CCC(CC2)[C@@H]1C(=O)N1CCN(c2ccccc2)CC1. The second kappa shape index (κ2) is 6.70. The minimum absolute atomic E-state index is 0.0921. The maximum atomic E-state index is 13.1. The second-order valence-electron chi connectivity index (χ2n) is 7.71. The Morgan fingerprint density at radius 1 is 0.840 bits per heavy atom. The number of hydrogen-bond donors (Lipinski definition) is 1. The van der Waals surface area contributed by atoms with E-state index in [4.69, 9.17) is 0 Å². The molecular formula is C20H26N2O3. The van der Waals surface area contributed by atoms with Gasteiger partial charge in [0, 0.05) is 31.9 Å². The first-order valence-electron chi connectivity index (χ1n) is 9.47. The molecule has 25 heavy (non-hydrogen) atoms. The molecule has 5 rings (SSSR count). The van der Waals surface area contributed by atoms with E-state index in [0.29, 0.717) is 13.1 Å². The number of hydrogen-bond acceptors (Lipinski definition) is 3. The number of amides is 1. The Kier molecular flexibility index (Phi) is 4.40. The maximum absolute atomic E-state index is 13.1. The number of aliphatic carboxylic acids is 1. The molecule has 5 heteroatoms. The summed E-state index contributed by atoms with van der Waals surface area (Å²) in [6.07, 6.45) is 4.00. The molecule has 1 saturated heterocycles. The highest BCUT2D eigenvalue weighted by atomic mass is 16.4. The van der Waals surface area contributed by atoms with Crippen molar-refractivity contribution < 1.29 is 14.7 Å². The number of para-hydroxylation sites is 1. The van der Waals surface area contributed by atoms with E-state index in [2.05, 4.69) is 17.0 Å². The van der Waals surface area contributed by atoms with Crippen LogP contribution in [0, 0.1) is 23.7 Å². The molecule has 4 fully saturated rings. The molecule has 0 spiro atoms. The Bertz CT molecular complexity index is 632. The highest BCUT2D eigenvalue weighted by molar-refractivity contribution is 5.86. The van der Waals surface area contributed by atoms with Gasteiger partial charge in [0.25, 0.3) is 0 Å². The van der Waals surface area contributed by atoms with Crippen molar-refractivity contribution in [3.05, 3.63) is 30.3 Å². The molecule has 1 aromatic carbocycles. The number of rotatable bonds is 3. The molecule has 3 saturated carbocycles. The highest BCUT2D eigenvalue weighted by Gasteiger charge is 2.51. The average molecular weight is 342 g/mol. The van der Waals surface area contributed by atoms with Gasteiger partial charge in [-0.25, -0.2) is 0 Å². The molecule has 1 heterocycles. The standard InChI is InChI=1S/C20H26N2O3/c23-19(17-14-6-8-15(9-7-14)18(17)20(24)25)22-12-10-21(11-13-22)16-4-2-1-3-5-16/h1-5,14-15,17-18H,6-13H2,(H,24,25)/t14?,15?,17-,18-/m0/s1. The van der Waals surface area contributed by atoms with Gasteiger partial charge in [0.15, 0.2) is 0 Å². The van der Waals surface area contributed by atoms with Crippen molar-refractivity contribution in [1.82, 2.24) is 4.90 Å². The van der Waals surface area contributed by atoms with Gasteiger partial charge >= 0.3 is 5.97 Å². The van der Waals surface area contributed by atoms with Crippen LogP contribution in [0.5, 0.6) is 0 Å². The number of carbonyl (C=O) groups excluding carboxylic acids is 1. The summed E-state index contributed by atoms with van der Waals surface area (Å²) < 4.78 is 0. The van der Waals surface area contributed by atoms with Crippen molar-refractivity contribution >= 4 is 17.6 Å². The molecule has 0 unspecified atom stereocenters. The Hall–Kier alpha value is -2.04. The van der Waals surface area contributed by atoms with Crippen LogP contribution in [-0.4, -0.2) is 48.1 Å². The number of carbonyl (C=O) groups is 2. The lowest BCUT2D eigenvalue weighted by Gasteiger charge is -2.48. The lowest BCUT2D eigenvalue weighted by molar-refractivity contribution is -0.162. The third-order valence-corrected chi connectivity index (χ3v) is 6.50. The largest absolute Gasteiger partial charge is 0.481 e. The van der Waals surface area contributed by atoms with Crippen molar-refractivity contribution in [1.29, 1.82) is 0 Å². The summed E-state index contributed by atoms with van der Waals surface area (Å²) >= 11 is 0. The van der Waals surface area contributed by atoms with Crippen LogP contribution < -0.4 is 4.90 Å². The van der Waals surface area contributed by atoms with E-state index in [1.54, 1.807) is 0 Å². The number of carboxylic acids is 1. The Labute approximate surface area is 148 Å². The van der Waals surface area contributed by atoms with E-state index in [1.807, 2.05) is 23.1 Å². The molecule has 5 nitrogen and oxygen atoms in total. The molecular weight excluding hydrogens is 316 g/mol. The molecule has 1 aromatic rings. The first-order valence-corrected chi connectivity index (χ1v) is 9.47. The van der Waals surface area contributed by atoms with Crippen molar-refractivity contribution in [2.75, 3.05) is 31.1 Å². The Morgan fingerprint density at radius 2 is 1.40 bits per heavy atom. The fourth-order valence-corrected chi connectivity index (χ4v) is 5.19. The van der Waals surface area contributed by atoms with Gasteiger partial charge in [-0.05, 0) is 49.7 Å². The predicted octanol–water partition coefficient (Wildman–Crippen LogP) is 2.47. The van der Waals surface area contributed by atoms with Crippen LogP contribution in [0.15, 0.2) is 30.3 Å². The van der Waals surface area contributed by atoms with Gasteiger partial charge < -0.3 is 14.9 Å². The summed E-state index contributed by atoms with van der Waals surface area (Å²) in [7, 11) is 0. The minimum atomic E-state index is -0.768. The van der Waals surface area contributed by atoms with E-state index >= 15 is 0 Å². The molecule has 1 aliphatic heterocycles. The second-order valence-corrected chi connectivity index (χ2v) is 7.71. The van der Waals surface area contributed by atoms with Crippen LogP contribution in [0.3, 0.4) is 0 Å².